The van der Waals surface area contributed by atoms with E-state index in [1.807, 2.05) is 6.07 Å². The van der Waals surface area contributed by atoms with E-state index in [2.05, 4.69) is 41.2 Å². The van der Waals surface area contributed by atoms with Crippen LogP contribution in [0, 0.1) is 12.7 Å². The zero-order valence-corrected chi connectivity index (χ0v) is 10.1. The van der Waals surface area contributed by atoms with Gasteiger partial charge in [0, 0.05) is 6.42 Å². The summed E-state index contributed by atoms with van der Waals surface area (Å²) in [6.07, 6.45) is 0.689. The Morgan fingerprint density at radius 3 is 2.61 bits per heavy atom. The van der Waals surface area contributed by atoms with Crippen molar-refractivity contribution >= 4 is 11.0 Å². The standard InChI is InChI=1S/C15H13FN2/c1-10-5-7-11(8-6-10)9-14-17-13-4-2-3-12(16)15(13)18-14/h2-8H,9H2,1H3,(H,17,18). The molecule has 0 saturated heterocycles. The number of para-hydroxylation sites is 1. The number of halogens is 1. The Hall–Kier alpha value is -2.16. The lowest BCUT2D eigenvalue weighted by atomic mass is 10.1. The van der Waals surface area contributed by atoms with Crippen LogP contribution >= 0.6 is 0 Å². The fourth-order valence-corrected chi connectivity index (χ4v) is 2.03. The Morgan fingerprint density at radius 1 is 1.11 bits per heavy atom. The Kier molecular flexibility index (Phi) is 2.59. The highest BCUT2D eigenvalue weighted by molar-refractivity contribution is 5.75. The van der Waals surface area contributed by atoms with Gasteiger partial charge in [-0.3, -0.25) is 0 Å². The number of hydrogen-bond acceptors (Lipinski definition) is 1. The van der Waals surface area contributed by atoms with Gasteiger partial charge in [0.25, 0.3) is 0 Å². The summed E-state index contributed by atoms with van der Waals surface area (Å²) in [6.45, 7) is 2.06. The number of benzene rings is 2. The van der Waals surface area contributed by atoms with Gasteiger partial charge in [0.1, 0.15) is 11.3 Å². The Balaban J connectivity index is 1.95. The van der Waals surface area contributed by atoms with Crippen LogP contribution in [0.5, 0.6) is 0 Å². The van der Waals surface area contributed by atoms with Crippen LogP contribution in [-0.2, 0) is 6.42 Å². The van der Waals surface area contributed by atoms with Gasteiger partial charge in [-0.15, -0.1) is 0 Å². The molecule has 0 aliphatic rings. The molecule has 0 saturated carbocycles. The number of H-pyrrole nitrogens is 1. The van der Waals surface area contributed by atoms with Gasteiger partial charge in [0.05, 0.1) is 5.52 Å². The first kappa shape index (κ1) is 11.0. The highest BCUT2D eigenvalue weighted by atomic mass is 19.1. The highest BCUT2D eigenvalue weighted by Gasteiger charge is 2.07. The Labute approximate surface area is 104 Å². The summed E-state index contributed by atoms with van der Waals surface area (Å²) in [7, 11) is 0. The van der Waals surface area contributed by atoms with Crippen LogP contribution in [-0.4, -0.2) is 9.97 Å². The predicted molar refractivity (Wildman–Crippen MR) is 70.0 cm³/mol. The summed E-state index contributed by atoms with van der Waals surface area (Å²) in [6, 6.07) is 13.2. The fraction of sp³-hybridized carbons (Fsp3) is 0.133. The van der Waals surface area contributed by atoms with Crippen LogP contribution in [0.3, 0.4) is 0 Å². The third-order valence-electron chi connectivity index (χ3n) is 3.00. The number of aromatic nitrogens is 2. The van der Waals surface area contributed by atoms with Gasteiger partial charge < -0.3 is 4.98 Å². The average Bonchev–Trinajstić information content (AvgIpc) is 2.76. The smallest absolute Gasteiger partial charge is 0.151 e. The van der Waals surface area contributed by atoms with Gasteiger partial charge in [0.2, 0.25) is 0 Å². The Morgan fingerprint density at radius 2 is 1.89 bits per heavy atom. The molecule has 0 atom stereocenters. The molecule has 0 aliphatic heterocycles. The molecule has 0 fully saturated rings. The summed E-state index contributed by atoms with van der Waals surface area (Å²) in [4.78, 5) is 7.45. The van der Waals surface area contributed by atoms with Crippen LogP contribution in [0.4, 0.5) is 4.39 Å². The molecule has 0 unspecified atom stereocenters. The number of imidazole rings is 1. The SMILES string of the molecule is Cc1ccc(Cc2nc3c(F)cccc3[nH]2)cc1. The molecule has 0 radical (unpaired) electrons. The number of aromatic amines is 1. The van der Waals surface area contributed by atoms with E-state index in [4.69, 9.17) is 0 Å². The molecule has 0 aliphatic carbocycles. The Bertz CT molecular complexity index is 683. The minimum Gasteiger partial charge on any atom is -0.342 e. The van der Waals surface area contributed by atoms with E-state index in [-0.39, 0.29) is 5.82 Å². The lowest BCUT2D eigenvalue weighted by Gasteiger charge is -1.98. The average molecular weight is 240 g/mol. The van der Waals surface area contributed by atoms with Gasteiger partial charge in [-0.1, -0.05) is 35.9 Å². The van der Waals surface area contributed by atoms with Gasteiger partial charge in [-0.05, 0) is 24.6 Å². The molecule has 0 bridgehead atoms. The van der Waals surface area contributed by atoms with Crippen molar-refractivity contribution in [3.8, 4) is 0 Å². The number of hydrogen-bond donors (Lipinski definition) is 1. The van der Waals surface area contributed by atoms with Crippen LogP contribution < -0.4 is 0 Å². The number of rotatable bonds is 2. The van der Waals surface area contributed by atoms with Crippen molar-refractivity contribution in [2.24, 2.45) is 0 Å². The molecule has 18 heavy (non-hydrogen) atoms. The van der Waals surface area contributed by atoms with Crippen molar-refractivity contribution in [3.63, 3.8) is 0 Å². The molecule has 0 spiro atoms. The number of aryl methyl sites for hydroxylation is 1. The van der Waals surface area contributed by atoms with Crippen LogP contribution in [0.25, 0.3) is 11.0 Å². The van der Waals surface area contributed by atoms with E-state index in [1.54, 1.807) is 6.07 Å². The molecule has 1 aromatic heterocycles. The number of fused-ring (bicyclic) bond motifs is 1. The van der Waals surface area contributed by atoms with E-state index >= 15 is 0 Å². The minimum absolute atomic E-state index is 0.279. The van der Waals surface area contributed by atoms with E-state index < -0.39 is 0 Å². The first-order valence-electron chi connectivity index (χ1n) is 5.91. The van der Waals surface area contributed by atoms with Crippen molar-refractivity contribution in [2.45, 2.75) is 13.3 Å². The molecule has 1 heterocycles. The van der Waals surface area contributed by atoms with Crippen molar-refractivity contribution in [1.82, 2.24) is 9.97 Å². The van der Waals surface area contributed by atoms with Crippen LogP contribution in [0.1, 0.15) is 17.0 Å². The van der Waals surface area contributed by atoms with Crippen molar-refractivity contribution in [1.29, 1.82) is 0 Å². The molecule has 90 valence electrons. The van der Waals surface area contributed by atoms with Gasteiger partial charge in [-0.25, -0.2) is 9.37 Å². The second kappa shape index (κ2) is 4.26. The normalized spacial score (nSPS) is 11.0. The van der Waals surface area contributed by atoms with E-state index in [1.165, 1.54) is 17.2 Å². The molecule has 3 rings (SSSR count). The maximum absolute atomic E-state index is 13.5. The van der Waals surface area contributed by atoms with Gasteiger partial charge in [0.15, 0.2) is 5.82 Å². The lowest BCUT2D eigenvalue weighted by molar-refractivity contribution is 0.637. The van der Waals surface area contributed by atoms with Gasteiger partial charge >= 0.3 is 0 Å². The second-order valence-corrected chi connectivity index (χ2v) is 4.48. The molecule has 2 nitrogen and oxygen atoms in total. The zero-order chi connectivity index (χ0) is 12.5. The first-order chi connectivity index (χ1) is 8.72. The van der Waals surface area contributed by atoms with Crippen molar-refractivity contribution < 1.29 is 4.39 Å². The molecule has 3 heteroatoms. The summed E-state index contributed by atoms with van der Waals surface area (Å²) < 4.78 is 13.5. The second-order valence-electron chi connectivity index (χ2n) is 4.48. The maximum atomic E-state index is 13.5. The topological polar surface area (TPSA) is 28.7 Å². The third kappa shape index (κ3) is 1.99. The third-order valence-corrected chi connectivity index (χ3v) is 3.00. The van der Waals surface area contributed by atoms with E-state index in [0.717, 1.165) is 11.3 Å². The lowest BCUT2D eigenvalue weighted by Crippen LogP contribution is -1.90. The van der Waals surface area contributed by atoms with Crippen molar-refractivity contribution in [2.75, 3.05) is 0 Å². The molecule has 3 aromatic rings. The molecular formula is C15H13FN2. The van der Waals surface area contributed by atoms with E-state index in [0.29, 0.717) is 11.9 Å². The largest absolute Gasteiger partial charge is 0.342 e. The fourth-order valence-electron chi connectivity index (χ4n) is 2.03. The molecule has 0 amide bonds. The highest BCUT2D eigenvalue weighted by Crippen LogP contribution is 2.16. The zero-order valence-electron chi connectivity index (χ0n) is 10.1. The summed E-state index contributed by atoms with van der Waals surface area (Å²) in [5.74, 6) is 0.512. The van der Waals surface area contributed by atoms with Crippen LogP contribution in [0.15, 0.2) is 42.5 Å². The summed E-state index contributed by atoms with van der Waals surface area (Å²) >= 11 is 0. The number of nitrogens with one attached hydrogen (secondary N) is 1. The summed E-state index contributed by atoms with van der Waals surface area (Å²) in [5.41, 5.74) is 3.56. The molecule has 2 aromatic carbocycles. The predicted octanol–water partition coefficient (Wildman–Crippen LogP) is 3.60. The molecular weight excluding hydrogens is 227 g/mol. The van der Waals surface area contributed by atoms with E-state index in [9.17, 15) is 4.39 Å². The maximum Gasteiger partial charge on any atom is 0.151 e. The number of nitrogens with zero attached hydrogens (tertiary/aromatic N) is 1. The monoisotopic (exact) mass is 240 g/mol. The molecule has 1 N–H and O–H groups in total. The van der Waals surface area contributed by atoms with Gasteiger partial charge in [-0.2, -0.15) is 0 Å². The first-order valence-corrected chi connectivity index (χ1v) is 5.91. The van der Waals surface area contributed by atoms with Crippen LogP contribution in [0.2, 0.25) is 0 Å². The summed E-state index contributed by atoms with van der Waals surface area (Å²) in [5, 5.41) is 0. The van der Waals surface area contributed by atoms with Crippen molar-refractivity contribution in [3.05, 3.63) is 65.2 Å². The minimum atomic E-state index is -0.279. The quantitative estimate of drug-likeness (QED) is 0.728.